The standard InChI is InChI=1S/C11H18O2/c12-7-6-10-8-11(10,13)9-4-2-1-3-5-9/h4,10,12-13H,1-3,5-8H2. The van der Waals surface area contributed by atoms with E-state index in [1.54, 1.807) is 0 Å². The maximum Gasteiger partial charge on any atom is 0.0890 e. The van der Waals surface area contributed by atoms with Crippen LogP contribution < -0.4 is 0 Å². The summed E-state index contributed by atoms with van der Waals surface area (Å²) >= 11 is 0. The summed E-state index contributed by atoms with van der Waals surface area (Å²) in [5.74, 6) is 0.335. The summed E-state index contributed by atoms with van der Waals surface area (Å²) in [5, 5.41) is 18.9. The molecule has 0 spiro atoms. The highest BCUT2D eigenvalue weighted by atomic mass is 16.3. The Labute approximate surface area is 79.3 Å². The Kier molecular flexibility index (Phi) is 2.43. The molecule has 0 aromatic heterocycles. The van der Waals surface area contributed by atoms with Gasteiger partial charge in [0.2, 0.25) is 0 Å². The van der Waals surface area contributed by atoms with E-state index >= 15 is 0 Å². The number of allylic oxidation sites excluding steroid dienone is 1. The zero-order valence-corrected chi connectivity index (χ0v) is 8.00. The maximum atomic E-state index is 10.2. The van der Waals surface area contributed by atoms with E-state index in [0.29, 0.717) is 5.92 Å². The van der Waals surface area contributed by atoms with Gasteiger partial charge in [-0.1, -0.05) is 6.08 Å². The second-order valence-corrected chi connectivity index (χ2v) is 4.31. The van der Waals surface area contributed by atoms with Crippen LogP contribution in [0, 0.1) is 5.92 Å². The van der Waals surface area contributed by atoms with Crippen LogP contribution >= 0.6 is 0 Å². The van der Waals surface area contributed by atoms with Crippen molar-refractivity contribution in [2.75, 3.05) is 6.61 Å². The first-order chi connectivity index (χ1) is 6.27. The van der Waals surface area contributed by atoms with E-state index in [4.69, 9.17) is 5.11 Å². The summed E-state index contributed by atoms with van der Waals surface area (Å²) < 4.78 is 0. The van der Waals surface area contributed by atoms with Crippen LogP contribution in [-0.4, -0.2) is 22.4 Å². The molecule has 2 unspecified atom stereocenters. The summed E-state index contributed by atoms with van der Waals surface area (Å²) in [6, 6.07) is 0. The average molecular weight is 182 g/mol. The first-order valence-electron chi connectivity index (χ1n) is 5.30. The Hall–Kier alpha value is -0.340. The molecule has 13 heavy (non-hydrogen) atoms. The fourth-order valence-electron chi connectivity index (χ4n) is 2.44. The molecule has 1 fully saturated rings. The Morgan fingerprint density at radius 3 is 2.92 bits per heavy atom. The predicted molar refractivity (Wildman–Crippen MR) is 51.3 cm³/mol. The topological polar surface area (TPSA) is 40.5 Å². The van der Waals surface area contributed by atoms with Crippen LogP contribution in [0.1, 0.15) is 38.5 Å². The lowest BCUT2D eigenvalue weighted by Crippen LogP contribution is -2.17. The third-order valence-corrected chi connectivity index (χ3v) is 3.40. The van der Waals surface area contributed by atoms with Crippen molar-refractivity contribution in [2.24, 2.45) is 5.92 Å². The van der Waals surface area contributed by atoms with Crippen molar-refractivity contribution in [3.05, 3.63) is 11.6 Å². The molecule has 0 aliphatic heterocycles. The van der Waals surface area contributed by atoms with Crippen molar-refractivity contribution >= 4 is 0 Å². The molecule has 1 saturated carbocycles. The lowest BCUT2D eigenvalue weighted by Gasteiger charge is -2.19. The molecule has 0 aromatic carbocycles. The second kappa shape index (κ2) is 3.43. The van der Waals surface area contributed by atoms with Gasteiger partial charge < -0.3 is 10.2 Å². The highest BCUT2D eigenvalue weighted by Gasteiger charge is 2.54. The normalized spacial score (nSPS) is 38.6. The van der Waals surface area contributed by atoms with Gasteiger partial charge in [0.15, 0.2) is 0 Å². The largest absolute Gasteiger partial charge is 0.396 e. The molecule has 2 atom stereocenters. The molecule has 0 amide bonds. The number of hydrogen-bond donors (Lipinski definition) is 2. The number of aliphatic hydroxyl groups is 2. The van der Waals surface area contributed by atoms with Gasteiger partial charge in [0.1, 0.15) is 0 Å². The summed E-state index contributed by atoms with van der Waals surface area (Å²) in [6.07, 6.45) is 8.53. The van der Waals surface area contributed by atoms with E-state index in [2.05, 4.69) is 6.08 Å². The molecule has 0 saturated heterocycles. The fourth-order valence-corrected chi connectivity index (χ4v) is 2.44. The van der Waals surface area contributed by atoms with Crippen LogP contribution in [0.15, 0.2) is 11.6 Å². The molecule has 2 aliphatic carbocycles. The van der Waals surface area contributed by atoms with Crippen LogP contribution in [0.4, 0.5) is 0 Å². The Morgan fingerprint density at radius 1 is 1.46 bits per heavy atom. The van der Waals surface area contributed by atoms with Crippen molar-refractivity contribution in [3.63, 3.8) is 0 Å². The SMILES string of the molecule is OCCC1CC1(O)C1=CCCCC1. The summed E-state index contributed by atoms with van der Waals surface area (Å²) in [7, 11) is 0. The van der Waals surface area contributed by atoms with Gasteiger partial charge >= 0.3 is 0 Å². The molecule has 2 N–H and O–H groups in total. The van der Waals surface area contributed by atoms with Crippen molar-refractivity contribution in [2.45, 2.75) is 44.1 Å². The van der Waals surface area contributed by atoms with Crippen LogP contribution in [0.2, 0.25) is 0 Å². The van der Waals surface area contributed by atoms with Gasteiger partial charge in [0.25, 0.3) is 0 Å². The van der Waals surface area contributed by atoms with E-state index in [1.807, 2.05) is 0 Å². The Morgan fingerprint density at radius 2 is 2.31 bits per heavy atom. The molecule has 2 heteroatoms. The second-order valence-electron chi connectivity index (χ2n) is 4.31. The Bertz CT molecular complexity index is 222. The fraction of sp³-hybridized carbons (Fsp3) is 0.818. The molecule has 74 valence electrons. The van der Waals surface area contributed by atoms with Gasteiger partial charge in [-0.2, -0.15) is 0 Å². The monoisotopic (exact) mass is 182 g/mol. The number of rotatable bonds is 3. The van der Waals surface area contributed by atoms with Crippen LogP contribution in [0.5, 0.6) is 0 Å². The minimum absolute atomic E-state index is 0.209. The van der Waals surface area contributed by atoms with Gasteiger partial charge in [-0.3, -0.25) is 0 Å². The highest BCUT2D eigenvalue weighted by molar-refractivity contribution is 5.28. The van der Waals surface area contributed by atoms with Crippen molar-refractivity contribution in [3.8, 4) is 0 Å². The molecule has 0 bridgehead atoms. The van der Waals surface area contributed by atoms with Crippen molar-refractivity contribution in [1.29, 1.82) is 0 Å². The third-order valence-electron chi connectivity index (χ3n) is 3.40. The zero-order valence-electron chi connectivity index (χ0n) is 8.00. The average Bonchev–Trinajstić information content (AvgIpc) is 2.81. The van der Waals surface area contributed by atoms with Crippen LogP contribution in [-0.2, 0) is 0 Å². The Balaban J connectivity index is 1.97. The molecule has 0 heterocycles. The van der Waals surface area contributed by atoms with E-state index in [0.717, 1.165) is 25.7 Å². The lowest BCUT2D eigenvalue weighted by atomic mass is 9.92. The van der Waals surface area contributed by atoms with Gasteiger partial charge in [-0.25, -0.2) is 0 Å². The van der Waals surface area contributed by atoms with Crippen molar-refractivity contribution in [1.82, 2.24) is 0 Å². The van der Waals surface area contributed by atoms with E-state index in [9.17, 15) is 5.11 Å². The van der Waals surface area contributed by atoms with Crippen LogP contribution in [0.3, 0.4) is 0 Å². The quantitative estimate of drug-likeness (QED) is 0.651. The number of aliphatic hydroxyl groups excluding tert-OH is 1. The van der Waals surface area contributed by atoms with E-state index in [-0.39, 0.29) is 6.61 Å². The maximum absolute atomic E-state index is 10.2. The first kappa shape index (κ1) is 9.22. The van der Waals surface area contributed by atoms with E-state index < -0.39 is 5.60 Å². The third kappa shape index (κ3) is 1.65. The van der Waals surface area contributed by atoms with Gasteiger partial charge in [0, 0.05) is 6.61 Å². The van der Waals surface area contributed by atoms with Gasteiger partial charge in [-0.05, 0) is 50.0 Å². The molecule has 2 aliphatic rings. The number of hydrogen-bond acceptors (Lipinski definition) is 2. The van der Waals surface area contributed by atoms with E-state index in [1.165, 1.54) is 18.4 Å². The summed E-state index contributed by atoms with van der Waals surface area (Å²) in [6.45, 7) is 0.209. The lowest BCUT2D eigenvalue weighted by molar-refractivity contribution is 0.152. The minimum atomic E-state index is -0.511. The molecule has 2 rings (SSSR count). The summed E-state index contributed by atoms with van der Waals surface area (Å²) in [4.78, 5) is 0. The van der Waals surface area contributed by atoms with Gasteiger partial charge in [-0.15, -0.1) is 0 Å². The molecule has 2 nitrogen and oxygen atoms in total. The minimum Gasteiger partial charge on any atom is -0.396 e. The first-order valence-corrected chi connectivity index (χ1v) is 5.30. The molecular weight excluding hydrogens is 164 g/mol. The van der Waals surface area contributed by atoms with Crippen molar-refractivity contribution < 1.29 is 10.2 Å². The molecule has 0 radical (unpaired) electrons. The smallest absolute Gasteiger partial charge is 0.0890 e. The van der Waals surface area contributed by atoms with Gasteiger partial charge in [0.05, 0.1) is 5.60 Å². The zero-order chi connectivity index (χ0) is 9.31. The molecular formula is C11H18O2. The van der Waals surface area contributed by atoms with Crippen LogP contribution in [0.25, 0.3) is 0 Å². The highest BCUT2D eigenvalue weighted by Crippen LogP contribution is 2.52. The molecule has 0 aromatic rings. The predicted octanol–water partition coefficient (Wildman–Crippen LogP) is 1.62. The summed E-state index contributed by atoms with van der Waals surface area (Å²) in [5.41, 5.74) is 0.737.